The number of aryl methyl sites for hydroxylation is 1. The molecule has 3 amide bonds. The van der Waals surface area contributed by atoms with Crippen LogP contribution in [0.2, 0.25) is 0 Å². The van der Waals surface area contributed by atoms with Gasteiger partial charge in [0.15, 0.2) is 0 Å². The lowest BCUT2D eigenvalue weighted by molar-refractivity contribution is -0.117. The van der Waals surface area contributed by atoms with Crippen LogP contribution in [0, 0.1) is 12.8 Å². The molecule has 5 heteroatoms. The Balaban J connectivity index is 1.45. The Bertz CT molecular complexity index is 579. The molecule has 1 aliphatic carbocycles. The number of hydrogen-bond acceptors (Lipinski definition) is 2. The molecular formula is C19H27N3O2. The Morgan fingerprint density at radius 3 is 2.58 bits per heavy atom. The van der Waals surface area contributed by atoms with Crippen LogP contribution >= 0.6 is 0 Å². The summed E-state index contributed by atoms with van der Waals surface area (Å²) in [5.74, 6) is 0.314. The van der Waals surface area contributed by atoms with Crippen LogP contribution < -0.4 is 15.5 Å². The molecule has 1 saturated heterocycles. The van der Waals surface area contributed by atoms with E-state index in [4.69, 9.17) is 0 Å². The van der Waals surface area contributed by atoms with Gasteiger partial charge in [0.05, 0.1) is 0 Å². The summed E-state index contributed by atoms with van der Waals surface area (Å²) in [5, 5.41) is 6.00. The highest BCUT2D eigenvalue weighted by Gasteiger charge is 2.30. The number of nitrogens with one attached hydrogen (secondary N) is 2. The molecule has 0 unspecified atom stereocenters. The zero-order valence-corrected chi connectivity index (χ0v) is 14.4. The second-order valence-electron chi connectivity index (χ2n) is 7.10. The average molecular weight is 329 g/mol. The first-order valence-corrected chi connectivity index (χ1v) is 9.03. The van der Waals surface area contributed by atoms with Crippen LogP contribution in [0.1, 0.15) is 44.1 Å². The predicted octanol–water partition coefficient (Wildman–Crippen LogP) is 2.98. The van der Waals surface area contributed by atoms with Gasteiger partial charge in [0.25, 0.3) is 0 Å². The summed E-state index contributed by atoms with van der Waals surface area (Å²) >= 11 is 0. The molecule has 2 N–H and O–H groups in total. The summed E-state index contributed by atoms with van der Waals surface area (Å²) in [5.41, 5.74) is 2.13. The van der Waals surface area contributed by atoms with E-state index in [0.717, 1.165) is 18.5 Å². The van der Waals surface area contributed by atoms with Gasteiger partial charge in [-0.2, -0.15) is 0 Å². The molecule has 1 aromatic rings. The van der Waals surface area contributed by atoms with E-state index in [2.05, 4.69) is 10.6 Å². The second-order valence-corrected chi connectivity index (χ2v) is 7.10. The molecule has 3 rings (SSSR count). The van der Waals surface area contributed by atoms with Gasteiger partial charge in [-0.1, -0.05) is 37.0 Å². The maximum atomic E-state index is 12.2. The summed E-state index contributed by atoms with van der Waals surface area (Å²) in [7, 11) is 0. The summed E-state index contributed by atoms with van der Waals surface area (Å²) in [6.07, 6.45) is 6.34. The van der Waals surface area contributed by atoms with Crippen molar-refractivity contribution in [3.63, 3.8) is 0 Å². The van der Waals surface area contributed by atoms with Crippen molar-refractivity contribution in [1.29, 1.82) is 0 Å². The number of anilines is 1. The Hall–Kier alpha value is -2.04. The largest absolute Gasteiger partial charge is 0.338 e. The van der Waals surface area contributed by atoms with E-state index in [0.29, 0.717) is 25.6 Å². The third-order valence-electron chi connectivity index (χ3n) is 5.04. The Morgan fingerprint density at radius 1 is 1.17 bits per heavy atom. The van der Waals surface area contributed by atoms with E-state index in [1.165, 1.54) is 24.8 Å². The first-order chi connectivity index (χ1) is 11.6. The first-order valence-electron chi connectivity index (χ1n) is 9.03. The zero-order valence-electron chi connectivity index (χ0n) is 14.4. The van der Waals surface area contributed by atoms with Crippen LogP contribution in [0.25, 0.3) is 0 Å². The third kappa shape index (κ3) is 4.28. The number of benzene rings is 1. The molecule has 130 valence electrons. The SMILES string of the molecule is Cc1ccc(N2C[C@@H](CNC(=O)NC3CCCCC3)CC2=O)cc1. The van der Waals surface area contributed by atoms with Crippen molar-refractivity contribution in [3.8, 4) is 0 Å². The van der Waals surface area contributed by atoms with Gasteiger partial charge < -0.3 is 15.5 Å². The fourth-order valence-corrected chi connectivity index (χ4v) is 3.61. The highest BCUT2D eigenvalue weighted by molar-refractivity contribution is 5.95. The van der Waals surface area contributed by atoms with Crippen LogP contribution in [-0.2, 0) is 4.79 Å². The molecule has 24 heavy (non-hydrogen) atoms. The molecule has 1 atom stereocenters. The lowest BCUT2D eigenvalue weighted by atomic mass is 9.96. The topological polar surface area (TPSA) is 61.4 Å². The highest BCUT2D eigenvalue weighted by atomic mass is 16.2. The second kappa shape index (κ2) is 7.69. The number of hydrogen-bond donors (Lipinski definition) is 2. The first kappa shape index (κ1) is 16.8. The van der Waals surface area contributed by atoms with Crippen LogP contribution in [0.4, 0.5) is 10.5 Å². The molecule has 0 bridgehead atoms. The molecule has 5 nitrogen and oxygen atoms in total. The van der Waals surface area contributed by atoms with Crippen LogP contribution in [-0.4, -0.2) is 31.1 Å². The maximum absolute atomic E-state index is 12.2. The zero-order chi connectivity index (χ0) is 16.9. The van der Waals surface area contributed by atoms with Gasteiger partial charge in [-0.15, -0.1) is 0 Å². The van der Waals surface area contributed by atoms with E-state index < -0.39 is 0 Å². The van der Waals surface area contributed by atoms with Crippen molar-refractivity contribution >= 4 is 17.6 Å². The van der Waals surface area contributed by atoms with Gasteiger partial charge in [0.2, 0.25) is 5.91 Å². The van der Waals surface area contributed by atoms with Gasteiger partial charge in [-0.05, 0) is 31.9 Å². The Kier molecular flexibility index (Phi) is 5.38. The number of nitrogens with zero attached hydrogens (tertiary/aromatic N) is 1. The van der Waals surface area contributed by atoms with Gasteiger partial charge in [-0.25, -0.2) is 4.79 Å². The number of carbonyl (C=O) groups is 2. The van der Waals surface area contributed by atoms with E-state index in [-0.39, 0.29) is 17.9 Å². The molecule has 0 spiro atoms. The van der Waals surface area contributed by atoms with E-state index in [1.807, 2.05) is 36.1 Å². The molecule has 1 saturated carbocycles. The minimum Gasteiger partial charge on any atom is -0.338 e. The maximum Gasteiger partial charge on any atom is 0.315 e. The van der Waals surface area contributed by atoms with Gasteiger partial charge in [-0.3, -0.25) is 4.79 Å². The molecule has 1 heterocycles. The minimum absolute atomic E-state index is 0.0943. The van der Waals surface area contributed by atoms with Crippen molar-refractivity contribution in [1.82, 2.24) is 10.6 Å². The summed E-state index contributed by atoms with van der Waals surface area (Å²) in [6, 6.07) is 8.23. The van der Waals surface area contributed by atoms with Crippen LogP contribution in [0.15, 0.2) is 24.3 Å². The smallest absolute Gasteiger partial charge is 0.315 e. The fraction of sp³-hybridized carbons (Fsp3) is 0.579. The van der Waals surface area contributed by atoms with E-state index in [1.54, 1.807) is 0 Å². The molecule has 0 radical (unpaired) electrons. The standard InChI is InChI=1S/C19H27N3O2/c1-14-7-9-17(10-8-14)22-13-15(11-18(22)23)12-20-19(24)21-16-5-3-2-4-6-16/h7-10,15-16H,2-6,11-13H2,1H3,(H2,20,21,24)/t15-/m1/s1. The summed E-state index contributed by atoms with van der Waals surface area (Å²) < 4.78 is 0. The van der Waals surface area contributed by atoms with E-state index >= 15 is 0 Å². The molecule has 0 aromatic heterocycles. The predicted molar refractivity (Wildman–Crippen MR) is 95.0 cm³/mol. The molecule has 1 aromatic carbocycles. The third-order valence-corrected chi connectivity index (χ3v) is 5.04. The van der Waals surface area contributed by atoms with Gasteiger partial charge in [0.1, 0.15) is 0 Å². The van der Waals surface area contributed by atoms with E-state index in [9.17, 15) is 9.59 Å². The number of urea groups is 1. The highest BCUT2D eigenvalue weighted by Crippen LogP contribution is 2.25. The molecule has 1 aliphatic heterocycles. The van der Waals surface area contributed by atoms with Gasteiger partial charge in [0, 0.05) is 37.2 Å². The number of carbonyl (C=O) groups excluding carboxylic acids is 2. The normalized spacial score (nSPS) is 21.8. The summed E-state index contributed by atoms with van der Waals surface area (Å²) in [6.45, 7) is 3.26. The Morgan fingerprint density at radius 2 is 1.88 bits per heavy atom. The fourth-order valence-electron chi connectivity index (χ4n) is 3.61. The number of amides is 3. The molecular weight excluding hydrogens is 302 g/mol. The van der Waals surface area contributed by atoms with Crippen molar-refractivity contribution < 1.29 is 9.59 Å². The quantitative estimate of drug-likeness (QED) is 0.892. The van der Waals surface area contributed by atoms with Crippen molar-refractivity contribution in [3.05, 3.63) is 29.8 Å². The molecule has 2 aliphatic rings. The van der Waals surface area contributed by atoms with Crippen LogP contribution in [0.3, 0.4) is 0 Å². The minimum atomic E-state index is -0.0943. The Labute approximate surface area is 143 Å². The average Bonchev–Trinajstić information content (AvgIpc) is 2.95. The van der Waals surface area contributed by atoms with Gasteiger partial charge >= 0.3 is 6.03 Å². The number of rotatable bonds is 4. The molecule has 2 fully saturated rings. The van der Waals surface area contributed by atoms with Crippen molar-refractivity contribution in [2.75, 3.05) is 18.0 Å². The van der Waals surface area contributed by atoms with Crippen molar-refractivity contribution in [2.45, 2.75) is 51.5 Å². The monoisotopic (exact) mass is 329 g/mol. The lowest BCUT2D eigenvalue weighted by Crippen LogP contribution is -2.44. The van der Waals surface area contributed by atoms with Crippen LogP contribution in [0.5, 0.6) is 0 Å². The lowest BCUT2D eigenvalue weighted by Gasteiger charge is -2.23. The summed E-state index contributed by atoms with van der Waals surface area (Å²) in [4.78, 5) is 26.1. The van der Waals surface area contributed by atoms with Crippen molar-refractivity contribution in [2.24, 2.45) is 5.92 Å².